The number of nitrogens with zero attached hydrogens (tertiary/aromatic N) is 5. The Morgan fingerprint density at radius 3 is 2.87 bits per heavy atom. The molecule has 0 saturated carbocycles. The zero-order valence-corrected chi connectivity index (χ0v) is 17.6. The predicted molar refractivity (Wildman–Crippen MR) is 121 cm³/mol. The Labute approximate surface area is 180 Å². The molecule has 1 unspecified atom stereocenters. The molecule has 4 N–H and O–H groups in total. The summed E-state index contributed by atoms with van der Waals surface area (Å²) in [7, 11) is 0. The fourth-order valence-corrected chi connectivity index (χ4v) is 3.97. The van der Waals surface area contributed by atoms with E-state index in [1.165, 1.54) is 10.9 Å². The zero-order valence-electron chi connectivity index (χ0n) is 17.6. The van der Waals surface area contributed by atoms with Crippen LogP contribution in [0.3, 0.4) is 0 Å². The van der Waals surface area contributed by atoms with Crippen molar-refractivity contribution in [1.82, 2.24) is 19.3 Å². The van der Waals surface area contributed by atoms with Crippen LogP contribution in [0.1, 0.15) is 30.1 Å². The van der Waals surface area contributed by atoms with Gasteiger partial charge >= 0.3 is 0 Å². The van der Waals surface area contributed by atoms with Crippen LogP contribution >= 0.6 is 0 Å². The quantitative estimate of drug-likeness (QED) is 0.351. The summed E-state index contributed by atoms with van der Waals surface area (Å²) >= 11 is 0. The van der Waals surface area contributed by atoms with Gasteiger partial charge in [0.1, 0.15) is 17.6 Å². The SMILES string of the molecule is C/C=C/Cn1c(N2CCCC(N)C2)nc2cnn(CC(=O)c3ccccc3N)c(=O)c21. The van der Waals surface area contributed by atoms with E-state index in [0.29, 0.717) is 41.3 Å². The number of aromatic nitrogens is 4. The third kappa shape index (κ3) is 4.09. The summed E-state index contributed by atoms with van der Waals surface area (Å²) in [5, 5.41) is 4.20. The molecule has 9 heteroatoms. The number of rotatable bonds is 6. The van der Waals surface area contributed by atoms with Gasteiger partial charge in [-0.2, -0.15) is 5.10 Å². The fraction of sp³-hybridized carbons (Fsp3) is 0.364. The molecule has 0 aliphatic carbocycles. The molecule has 1 atom stereocenters. The Morgan fingerprint density at radius 1 is 1.32 bits per heavy atom. The Bertz CT molecular complexity index is 1190. The van der Waals surface area contributed by atoms with E-state index in [1.54, 1.807) is 24.3 Å². The minimum absolute atomic E-state index is 0.0764. The van der Waals surface area contributed by atoms with Gasteiger partial charge in [0.05, 0.1) is 6.20 Å². The lowest BCUT2D eigenvalue weighted by atomic mass is 10.1. The molecular formula is C22H27N7O2. The van der Waals surface area contributed by atoms with Gasteiger partial charge in [0.2, 0.25) is 5.95 Å². The molecule has 4 rings (SSSR count). The number of para-hydroxylation sites is 1. The number of Topliss-reactive ketones (excluding diaryl/α,β-unsaturated/α-hetero) is 1. The topological polar surface area (TPSA) is 125 Å². The number of fused-ring (bicyclic) bond motifs is 1. The summed E-state index contributed by atoms with van der Waals surface area (Å²) < 4.78 is 3.06. The second kappa shape index (κ2) is 8.73. The van der Waals surface area contributed by atoms with E-state index in [0.717, 1.165) is 19.4 Å². The van der Waals surface area contributed by atoms with Gasteiger partial charge in [-0.15, -0.1) is 0 Å². The molecule has 31 heavy (non-hydrogen) atoms. The minimum atomic E-state index is -0.357. The van der Waals surface area contributed by atoms with Crippen molar-refractivity contribution in [3.05, 3.63) is 58.5 Å². The summed E-state index contributed by atoms with van der Waals surface area (Å²) in [5.41, 5.74) is 13.4. The maximum Gasteiger partial charge on any atom is 0.293 e. The molecule has 3 heterocycles. The molecule has 3 aromatic rings. The summed E-state index contributed by atoms with van der Waals surface area (Å²) in [6, 6.07) is 6.89. The van der Waals surface area contributed by atoms with Crippen molar-refractivity contribution in [1.29, 1.82) is 0 Å². The molecule has 162 valence electrons. The van der Waals surface area contributed by atoms with E-state index in [2.05, 4.69) is 10.00 Å². The first-order chi connectivity index (χ1) is 15.0. The van der Waals surface area contributed by atoms with Gasteiger partial charge < -0.3 is 20.9 Å². The third-order valence-electron chi connectivity index (χ3n) is 5.55. The van der Waals surface area contributed by atoms with Crippen molar-refractivity contribution in [3.8, 4) is 0 Å². The zero-order chi connectivity index (χ0) is 22.0. The number of ketones is 1. The number of hydrogen-bond acceptors (Lipinski definition) is 7. The van der Waals surface area contributed by atoms with Crippen LogP contribution < -0.4 is 21.9 Å². The van der Waals surface area contributed by atoms with Crippen molar-refractivity contribution in [2.75, 3.05) is 23.7 Å². The number of piperidine rings is 1. The number of anilines is 2. The summed E-state index contributed by atoms with van der Waals surface area (Å²) in [4.78, 5) is 32.9. The molecule has 1 saturated heterocycles. The summed E-state index contributed by atoms with van der Waals surface area (Å²) in [5.74, 6) is 0.437. The van der Waals surface area contributed by atoms with Crippen molar-refractivity contribution in [2.45, 2.75) is 38.9 Å². The molecule has 2 aromatic heterocycles. The number of hydrogen-bond donors (Lipinski definition) is 2. The van der Waals surface area contributed by atoms with Crippen LogP contribution in [-0.2, 0) is 13.1 Å². The Balaban J connectivity index is 1.76. The number of nitrogen functional groups attached to an aromatic ring is 1. The van der Waals surface area contributed by atoms with E-state index in [4.69, 9.17) is 16.5 Å². The number of imidazole rings is 1. The van der Waals surface area contributed by atoms with E-state index >= 15 is 0 Å². The second-order valence-electron chi connectivity index (χ2n) is 7.79. The van der Waals surface area contributed by atoms with Gasteiger partial charge in [-0.05, 0) is 31.9 Å². The van der Waals surface area contributed by atoms with Gasteiger partial charge in [-0.1, -0.05) is 24.3 Å². The van der Waals surface area contributed by atoms with Crippen molar-refractivity contribution >= 4 is 28.5 Å². The molecule has 1 fully saturated rings. The highest BCUT2D eigenvalue weighted by atomic mass is 16.1. The van der Waals surface area contributed by atoms with Crippen LogP contribution in [0.5, 0.6) is 0 Å². The summed E-state index contributed by atoms with van der Waals surface area (Å²) in [6.45, 7) is 3.75. The first-order valence-electron chi connectivity index (χ1n) is 10.5. The number of carbonyl (C=O) groups is 1. The lowest BCUT2D eigenvalue weighted by molar-refractivity contribution is 0.0966. The number of carbonyl (C=O) groups excluding carboxylic acids is 1. The molecule has 1 aliphatic heterocycles. The van der Waals surface area contributed by atoms with Crippen LogP contribution in [-0.4, -0.2) is 44.2 Å². The van der Waals surface area contributed by atoms with E-state index < -0.39 is 0 Å². The predicted octanol–water partition coefficient (Wildman–Crippen LogP) is 1.56. The van der Waals surface area contributed by atoms with Crippen molar-refractivity contribution < 1.29 is 4.79 Å². The van der Waals surface area contributed by atoms with E-state index in [9.17, 15) is 9.59 Å². The lowest BCUT2D eigenvalue weighted by Crippen LogP contribution is -2.44. The second-order valence-corrected chi connectivity index (χ2v) is 7.79. The van der Waals surface area contributed by atoms with Crippen LogP contribution in [0, 0.1) is 0 Å². The highest BCUT2D eigenvalue weighted by Crippen LogP contribution is 2.23. The summed E-state index contributed by atoms with van der Waals surface area (Å²) in [6.07, 6.45) is 7.39. The van der Waals surface area contributed by atoms with Gasteiger partial charge in [0, 0.05) is 36.9 Å². The average molecular weight is 422 g/mol. The third-order valence-corrected chi connectivity index (χ3v) is 5.55. The highest BCUT2D eigenvalue weighted by molar-refractivity contribution is 6.00. The normalized spacial score (nSPS) is 17.0. The van der Waals surface area contributed by atoms with Gasteiger partial charge in [-0.25, -0.2) is 9.67 Å². The Hall–Kier alpha value is -3.46. The lowest BCUT2D eigenvalue weighted by Gasteiger charge is -2.31. The van der Waals surface area contributed by atoms with Crippen molar-refractivity contribution in [2.24, 2.45) is 5.73 Å². The van der Waals surface area contributed by atoms with Crippen LogP contribution in [0.15, 0.2) is 47.4 Å². The highest BCUT2D eigenvalue weighted by Gasteiger charge is 2.24. The maximum absolute atomic E-state index is 13.3. The minimum Gasteiger partial charge on any atom is -0.398 e. The maximum atomic E-state index is 13.3. The number of allylic oxidation sites excluding steroid dienone is 2. The van der Waals surface area contributed by atoms with Gasteiger partial charge in [0.25, 0.3) is 5.56 Å². The standard InChI is InChI=1S/C22H27N7O2/c1-2-3-11-28-20-18(26-22(28)27-10-6-7-15(23)13-27)12-25-29(21(20)31)14-19(30)16-8-4-5-9-17(16)24/h2-5,8-9,12,15H,6-7,10-11,13-14,23-24H2,1H3/b3-2+. The number of benzene rings is 1. The molecule has 1 aliphatic rings. The first kappa shape index (κ1) is 20.8. The molecule has 0 spiro atoms. The molecule has 0 amide bonds. The smallest absolute Gasteiger partial charge is 0.293 e. The fourth-order valence-electron chi connectivity index (χ4n) is 3.97. The Morgan fingerprint density at radius 2 is 2.13 bits per heavy atom. The molecule has 0 bridgehead atoms. The van der Waals surface area contributed by atoms with Crippen molar-refractivity contribution in [3.63, 3.8) is 0 Å². The van der Waals surface area contributed by atoms with Crippen LogP contribution in [0.4, 0.5) is 11.6 Å². The van der Waals surface area contributed by atoms with Crippen LogP contribution in [0.25, 0.3) is 11.0 Å². The first-order valence-corrected chi connectivity index (χ1v) is 10.5. The van der Waals surface area contributed by atoms with E-state index in [1.807, 2.05) is 23.6 Å². The molecule has 0 radical (unpaired) electrons. The largest absolute Gasteiger partial charge is 0.398 e. The number of nitrogens with two attached hydrogens (primary N) is 2. The monoisotopic (exact) mass is 421 g/mol. The Kier molecular flexibility index (Phi) is 5.85. The van der Waals surface area contributed by atoms with Gasteiger partial charge in [-0.3, -0.25) is 9.59 Å². The average Bonchev–Trinajstić information content (AvgIpc) is 3.13. The molecule has 9 nitrogen and oxygen atoms in total. The molecule has 1 aromatic carbocycles. The van der Waals surface area contributed by atoms with E-state index in [-0.39, 0.29) is 23.9 Å². The van der Waals surface area contributed by atoms with Gasteiger partial charge in [0.15, 0.2) is 5.78 Å². The van der Waals surface area contributed by atoms with Crippen LogP contribution in [0.2, 0.25) is 0 Å². The molecular weight excluding hydrogens is 394 g/mol.